The quantitative estimate of drug-likeness (QED) is 0.448. The highest BCUT2D eigenvalue weighted by Crippen LogP contribution is 2.29. The monoisotopic (exact) mass is 298 g/mol. The van der Waals surface area contributed by atoms with Gasteiger partial charge in [0.2, 0.25) is 5.78 Å². The van der Waals surface area contributed by atoms with E-state index >= 15 is 0 Å². The fourth-order valence-corrected chi connectivity index (χ4v) is 2.35. The van der Waals surface area contributed by atoms with E-state index in [0.29, 0.717) is 11.1 Å². The lowest BCUT2D eigenvalue weighted by molar-refractivity contribution is -0.212. The molecule has 0 aliphatic rings. The summed E-state index contributed by atoms with van der Waals surface area (Å²) in [5, 5.41) is 0. The van der Waals surface area contributed by atoms with E-state index in [0.717, 1.165) is 0 Å². The van der Waals surface area contributed by atoms with Crippen LogP contribution in [0.2, 0.25) is 0 Å². The van der Waals surface area contributed by atoms with Crippen molar-refractivity contribution in [3.05, 3.63) is 71.8 Å². The number of Topliss-reactive ketones (excluding diaryl/α,β-unsaturated/α-hetero) is 2. The summed E-state index contributed by atoms with van der Waals surface area (Å²) < 4.78 is 10.7. The van der Waals surface area contributed by atoms with Crippen molar-refractivity contribution in [2.24, 2.45) is 0 Å². The summed E-state index contributed by atoms with van der Waals surface area (Å²) >= 11 is 0. The summed E-state index contributed by atoms with van der Waals surface area (Å²) in [4.78, 5) is 24.9. The van der Waals surface area contributed by atoms with Gasteiger partial charge in [-0.05, 0) is 0 Å². The third-order valence-electron chi connectivity index (χ3n) is 3.51. The first-order valence-corrected chi connectivity index (χ1v) is 6.91. The number of ketones is 2. The van der Waals surface area contributed by atoms with Gasteiger partial charge < -0.3 is 9.47 Å². The maximum atomic E-state index is 12.6. The highest BCUT2D eigenvalue weighted by atomic mass is 16.7. The molecule has 0 saturated carbocycles. The maximum Gasteiger partial charge on any atom is 0.256 e. The van der Waals surface area contributed by atoms with Crippen LogP contribution in [0.4, 0.5) is 0 Å². The molecule has 0 radical (unpaired) electrons. The molecule has 4 heteroatoms. The van der Waals surface area contributed by atoms with Crippen LogP contribution in [-0.4, -0.2) is 25.8 Å². The summed E-state index contributed by atoms with van der Waals surface area (Å²) in [6.07, 6.45) is -0.291. The van der Waals surface area contributed by atoms with E-state index in [9.17, 15) is 9.59 Å². The Morgan fingerprint density at radius 2 is 1.36 bits per heavy atom. The maximum absolute atomic E-state index is 12.6. The number of carbonyl (C=O) groups is 2. The zero-order valence-corrected chi connectivity index (χ0v) is 12.6. The molecular formula is C18H18O4. The van der Waals surface area contributed by atoms with Crippen molar-refractivity contribution in [2.45, 2.75) is 12.2 Å². The molecule has 0 aliphatic carbocycles. The second-order valence-electron chi connectivity index (χ2n) is 4.78. The predicted molar refractivity (Wildman–Crippen MR) is 82.5 cm³/mol. The second kappa shape index (κ2) is 7.11. The minimum atomic E-state index is -1.56. The van der Waals surface area contributed by atoms with Gasteiger partial charge in [0.25, 0.3) is 5.79 Å². The zero-order chi connectivity index (χ0) is 16.0. The lowest BCUT2D eigenvalue weighted by Gasteiger charge is -2.29. The van der Waals surface area contributed by atoms with Crippen LogP contribution in [-0.2, 0) is 20.1 Å². The Labute approximate surface area is 129 Å². The van der Waals surface area contributed by atoms with E-state index < -0.39 is 11.6 Å². The van der Waals surface area contributed by atoms with Crippen LogP contribution in [0.5, 0.6) is 0 Å². The second-order valence-corrected chi connectivity index (χ2v) is 4.78. The first-order valence-electron chi connectivity index (χ1n) is 6.91. The van der Waals surface area contributed by atoms with Crippen LogP contribution in [0.1, 0.15) is 22.3 Å². The molecule has 2 aromatic carbocycles. The van der Waals surface area contributed by atoms with E-state index in [-0.39, 0.29) is 12.2 Å². The van der Waals surface area contributed by atoms with Gasteiger partial charge in [-0.3, -0.25) is 9.59 Å². The Balaban J connectivity index is 2.26. The summed E-state index contributed by atoms with van der Waals surface area (Å²) in [5.74, 6) is -2.26. The van der Waals surface area contributed by atoms with Crippen LogP contribution in [0.3, 0.4) is 0 Å². The van der Waals surface area contributed by atoms with Crippen molar-refractivity contribution < 1.29 is 19.1 Å². The number of carbonyl (C=O) groups excluding carboxylic acids is 2. The molecule has 4 nitrogen and oxygen atoms in total. The third-order valence-corrected chi connectivity index (χ3v) is 3.51. The van der Waals surface area contributed by atoms with Gasteiger partial charge in [-0.15, -0.1) is 0 Å². The normalized spacial score (nSPS) is 11.2. The molecule has 0 unspecified atom stereocenters. The van der Waals surface area contributed by atoms with E-state index in [4.69, 9.17) is 9.47 Å². The van der Waals surface area contributed by atoms with Gasteiger partial charge in [-0.2, -0.15) is 0 Å². The molecule has 0 bridgehead atoms. The average Bonchev–Trinajstić information content (AvgIpc) is 2.58. The fraction of sp³-hybridized carbons (Fsp3) is 0.222. The summed E-state index contributed by atoms with van der Waals surface area (Å²) in [7, 11) is 2.78. The van der Waals surface area contributed by atoms with Crippen LogP contribution < -0.4 is 0 Å². The smallest absolute Gasteiger partial charge is 0.256 e. The van der Waals surface area contributed by atoms with Crippen LogP contribution in [0, 0.1) is 0 Å². The molecule has 0 aliphatic heterocycles. The Morgan fingerprint density at radius 3 is 1.86 bits per heavy atom. The molecule has 0 amide bonds. The predicted octanol–water partition coefficient (Wildman–Crippen LogP) is 2.97. The molecule has 0 heterocycles. The van der Waals surface area contributed by atoms with Crippen molar-refractivity contribution >= 4 is 11.6 Å². The van der Waals surface area contributed by atoms with E-state index in [1.165, 1.54) is 14.2 Å². The highest BCUT2D eigenvalue weighted by Gasteiger charge is 2.41. The number of hydrogen-bond donors (Lipinski definition) is 0. The SMILES string of the molecule is COC(OC)(C(=O)CC(=O)c1ccccc1)c1ccccc1. The van der Waals surface area contributed by atoms with Gasteiger partial charge in [0.1, 0.15) is 0 Å². The number of hydrogen-bond acceptors (Lipinski definition) is 4. The van der Waals surface area contributed by atoms with Gasteiger partial charge in [-0.25, -0.2) is 0 Å². The molecule has 22 heavy (non-hydrogen) atoms. The topological polar surface area (TPSA) is 52.6 Å². The van der Waals surface area contributed by atoms with Crippen molar-refractivity contribution in [1.29, 1.82) is 0 Å². The van der Waals surface area contributed by atoms with E-state index in [1.807, 2.05) is 12.1 Å². The average molecular weight is 298 g/mol. The minimum absolute atomic E-state index is 0.264. The third kappa shape index (κ3) is 3.13. The first-order chi connectivity index (χ1) is 10.6. The van der Waals surface area contributed by atoms with Crippen molar-refractivity contribution in [3.63, 3.8) is 0 Å². The summed E-state index contributed by atoms with van der Waals surface area (Å²) in [5.41, 5.74) is 1.05. The largest absolute Gasteiger partial charge is 0.343 e. The lowest BCUT2D eigenvalue weighted by atomic mass is 9.95. The van der Waals surface area contributed by atoms with Crippen LogP contribution in [0.25, 0.3) is 0 Å². The fourth-order valence-electron chi connectivity index (χ4n) is 2.35. The first kappa shape index (κ1) is 16.1. The molecule has 2 rings (SSSR count). The molecule has 114 valence electrons. The summed E-state index contributed by atoms with van der Waals surface area (Å²) in [6, 6.07) is 17.6. The molecule has 0 atom stereocenters. The van der Waals surface area contributed by atoms with Gasteiger partial charge in [0.15, 0.2) is 5.78 Å². The molecule has 0 fully saturated rings. The Morgan fingerprint density at radius 1 is 0.864 bits per heavy atom. The zero-order valence-electron chi connectivity index (χ0n) is 12.6. The molecular weight excluding hydrogens is 280 g/mol. The lowest BCUT2D eigenvalue weighted by Crippen LogP contribution is -2.40. The van der Waals surface area contributed by atoms with Crippen molar-refractivity contribution in [1.82, 2.24) is 0 Å². The molecule has 0 spiro atoms. The molecule has 0 N–H and O–H groups in total. The van der Waals surface area contributed by atoms with E-state index in [2.05, 4.69) is 0 Å². The van der Waals surface area contributed by atoms with Gasteiger partial charge in [0, 0.05) is 25.3 Å². The molecule has 0 saturated heterocycles. The van der Waals surface area contributed by atoms with Crippen molar-refractivity contribution in [2.75, 3.05) is 14.2 Å². The van der Waals surface area contributed by atoms with Gasteiger partial charge in [-0.1, -0.05) is 60.7 Å². The Kier molecular flexibility index (Phi) is 5.20. The van der Waals surface area contributed by atoms with Gasteiger partial charge >= 0.3 is 0 Å². The number of rotatable bonds is 7. The molecule has 2 aromatic rings. The number of methoxy groups -OCH3 is 2. The number of benzene rings is 2. The Hall–Kier alpha value is -2.30. The number of ether oxygens (including phenoxy) is 2. The van der Waals surface area contributed by atoms with Crippen LogP contribution >= 0.6 is 0 Å². The van der Waals surface area contributed by atoms with Crippen molar-refractivity contribution in [3.8, 4) is 0 Å². The minimum Gasteiger partial charge on any atom is -0.343 e. The summed E-state index contributed by atoms with van der Waals surface area (Å²) in [6.45, 7) is 0. The highest BCUT2D eigenvalue weighted by molar-refractivity contribution is 6.10. The standard InChI is InChI=1S/C18H18O4/c1-21-18(22-2,15-11-7-4-8-12-15)17(20)13-16(19)14-9-5-3-6-10-14/h3-12H,13H2,1-2H3. The van der Waals surface area contributed by atoms with Gasteiger partial charge in [0.05, 0.1) is 6.42 Å². The van der Waals surface area contributed by atoms with Crippen LogP contribution in [0.15, 0.2) is 60.7 Å². The molecule has 0 aromatic heterocycles. The van der Waals surface area contributed by atoms with E-state index in [1.54, 1.807) is 48.5 Å². The Bertz CT molecular complexity index is 631.